The molecule has 0 amide bonds. The summed E-state index contributed by atoms with van der Waals surface area (Å²) >= 11 is 2.19. The molecule has 1 heterocycles. The second-order valence-corrected chi connectivity index (χ2v) is 7.32. The fourth-order valence-electron chi connectivity index (χ4n) is 2.51. The first-order valence-corrected chi connectivity index (χ1v) is 9.77. The lowest BCUT2D eigenvalue weighted by molar-refractivity contribution is 0.0139. The molecule has 0 N–H and O–H groups in total. The highest BCUT2D eigenvalue weighted by atomic mass is 127. The Morgan fingerprint density at radius 2 is 1.93 bits per heavy atom. The number of aromatic nitrogens is 2. The second-order valence-electron chi connectivity index (χ2n) is 6.07. The lowest BCUT2D eigenvalue weighted by Crippen LogP contribution is -2.26. The molecule has 0 aliphatic carbocycles. The Balaban J connectivity index is 1.63. The van der Waals surface area contributed by atoms with Crippen molar-refractivity contribution >= 4 is 28.6 Å². The van der Waals surface area contributed by atoms with E-state index in [-0.39, 0.29) is 12.6 Å². The average Bonchev–Trinajstić information content (AvgIpc) is 3.24. The molecule has 0 saturated carbocycles. The summed E-state index contributed by atoms with van der Waals surface area (Å²) in [6.07, 6.45) is 5.45. The molecule has 0 fully saturated rings. The van der Waals surface area contributed by atoms with E-state index in [1.165, 1.54) is 0 Å². The Hall–Kier alpha value is -2.86. The number of carbonyl (C=O) groups is 1. The lowest BCUT2D eigenvalue weighted by atomic mass is 10.2. The number of imidazole rings is 1. The van der Waals surface area contributed by atoms with Crippen LogP contribution in [-0.4, -0.2) is 28.2 Å². The van der Waals surface area contributed by atoms with Crippen molar-refractivity contribution in [3.63, 3.8) is 0 Å². The first-order chi connectivity index (χ1) is 13.6. The van der Waals surface area contributed by atoms with Gasteiger partial charge >= 0.3 is 5.97 Å². The highest BCUT2D eigenvalue weighted by Gasteiger charge is 2.17. The van der Waals surface area contributed by atoms with Crippen molar-refractivity contribution in [2.45, 2.75) is 19.1 Å². The summed E-state index contributed by atoms with van der Waals surface area (Å²) in [5.41, 5.74) is 1.07. The highest BCUT2D eigenvalue weighted by molar-refractivity contribution is 14.1. The van der Waals surface area contributed by atoms with Gasteiger partial charge in [-0.2, -0.15) is 5.26 Å². The van der Waals surface area contributed by atoms with Crippen LogP contribution in [0.4, 0.5) is 0 Å². The first kappa shape index (κ1) is 19.9. The van der Waals surface area contributed by atoms with Crippen molar-refractivity contribution in [1.82, 2.24) is 9.55 Å². The van der Waals surface area contributed by atoms with Crippen LogP contribution in [0.3, 0.4) is 0 Å². The van der Waals surface area contributed by atoms with Crippen LogP contribution in [0.15, 0.2) is 67.3 Å². The maximum Gasteiger partial charge on any atom is 0.338 e. The smallest absolute Gasteiger partial charge is 0.338 e. The molecule has 7 heteroatoms. The Kier molecular flexibility index (Phi) is 7.03. The van der Waals surface area contributed by atoms with E-state index in [1.807, 2.05) is 22.9 Å². The van der Waals surface area contributed by atoms with Gasteiger partial charge in [0.25, 0.3) is 0 Å². The fourth-order valence-corrected chi connectivity index (χ4v) is 2.87. The van der Waals surface area contributed by atoms with Gasteiger partial charge in [-0.15, -0.1) is 0 Å². The normalized spacial score (nSPS) is 11.4. The zero-order chi connectivity index (χ0) is 19.8. The molecule has 2 aromatic carbocycles. The van der Waals surface area contributed by atoms with Crippen LogP contribution in [0.1, 0.15) is 22.3 Å². The molecule has 3 rings (SSSR count). The molecule has 0 radical (unpaired) electrons. The number of carbonyl (C=O) groups excluding carboxylic acids is 1. The number of halogens is 1. The van der Waals surface area contributed by atoms with Crippen LogP contribution in [0.25, 0.3) is 0 Å². The van der Waals surface area contributed by atoms with Gasteiger partial charge in [0.15, 0.2) is 0 Å². The number of hydrogen-bond acceptors (Lipinski definition) is 5. The molecule has 1 aromatic heterocycles. The predicted octanol–water partition coefficient (Wildman–Crippen LogP) is 4.05. The van der Waals surface area contributed by atoms with Gasteiger partial charge in [0.2, 0.25) is 0 Å². The Bertz CT molecular complexity index is 933. The molecule has 0 aliphatic rings. The summed E-state index contributed by atoms with van der Waals surface area (Å²) in [5.74, 6) is 0.243. The molecule has 0 saturated heterocycles. The van der Waals surface area contributed by atoms with E-state index < -0.39 is 6.10 Å². The van der Waals surface area contributed by atoms with Gasteiger partial charge in [0.1, 0.15) is 18.5 Å². The SMILES string of the molecule is N#Cc1ccc(OCC(CCn2ccnc2)OC(=O)c2ccc(I)cc2)cc1. The van der Waals surface area contributed by atoms with Crippen LogP contribution in [0.2, 0.25) is 0 Å². The number of hydrogen-bond donors (Lipinski definition) is 0. The first-order valence-electron chi connectivity index (χ1n) is 8.69. The van der Waals surface area contributed by atoms with Gasteiger partial charge in [0.05, 0.1) is 23.5 Å². The van der Waals surface area contributed by atoms with E-state index in [0.717, 1.165) is 3.57 Å². The summed E-state index contributed by atoms with van der Waals surface area (Å²) in [6, 6.07) is 16.1. The number of rotatable bonds is 8. The summed E-state index contributed by atoms with van der Waals surface area (Å²) in [5, 5.41) is 8.88. The van der Waals surface area contributed by atoms with Gasteiger partial charge < -0.3 is 14.0 Å². The zero-order valence-electron chi connectivity index (χ0n) is 15.0. The second kappa shape index (κ2) is 9.90. The maximum absolute atomic E-state index is 12.5. The molecule has 3 aromatic rings. The van der Waals surface area contributed by atoms with Crippen molar-refractivity contribution in [2.75, 3.05) is 6.61 Å². The van der Waals surface area contributed by atoms with E-state index >= 15 is 0 Å². The summed E-state index contributed by atoms with van der Waals surface area (Å²) in [6.45, 7) is 0.873. The van der Waals surface area contributed by atoms with Gasteiger partial charge in [-0.1, -0.05) is 0 Å². The van der Waals surface area contributed by atoms with E-state index in [1.54, 1.807) is 48.9 Å². The van der Waals surface area contributed by atoms with Gasteiger partial charge in [-0.3, -0.25) is 0 Å². The average molecular weight is 487 g/mol. The largest absolute Gasteiger partial charge is 0.490 e. The number of esters is 1. The van der Waals surface area contributed by atoms with E-state index in [9.17, 15) is 4.79 Å². The predicted molar refractivity (Wildman–Crippen MR) is 112 cm³/mol. The van der Waals surface area contributed by atoms with Gasteiger partial charge in [-0.25, -0.2) is 9.78 Å². The van der Waals surface area contributed by atoms with Gasteiger partial charge in [-0.05, 0) is 71.1 Å². The molecule has 6 nitrogen and oxygen atoms in total. The van der Waals surface area contributed by atoms with Crippen molar-refractivity contribution in [3.8, 4) is 11.8 Å². The minimum Gasteiger partial charge on any atom is -0.490 e. The molecule has 1 atom stereocenters. The van der Waals surface area contributed by atoms with Crippen LogP contribution in [-0.2, 0) is 11.3 Å². The van der Waals surface area contributed by atoms with Crippen molar-refractivity contribution < 1.29 is 14.3 Å². The molecule has 1 unspecified atom stereocenters. The van der Waals surface area contributed by atoms with E-state index in [2.05, 4.69) is 33.6 Å². The number of ether oxygens (including phenoxy) is 2. The Morgan fingerprint density at radius 1 is 1.18 bits per heavy atom. The number of nitrogens with zero attached hydrogens (tertiary/aromatic N) is 3. The Morgan fingerprint density at radius 3 is 2.57 bits per heavy atom. The summed E-state index contributed by atoms with van der Waals surface area (Å²) in [4.78, 5) is 16.5. The van der Waals surface area contributed by atoms with E-state index in [4.69, 9.17) is 14.7 Å². The quantitative estimate of drug-likeness (QED) is 0.354. The van der Waals surface area contributed by atoms with Crippen molar-refractivity contribution in [2.24, 2.45) is 0 Å². The van der Waals surface area contributed by atoms with Crippen LogP contribution in [0, 0.1) is 14.9 Å². The van der Waals surface area contributed by atoms with Crippen molar-refractivity contribution in [1.29, 1.82) is 5.26 Å². The minimum atomic E-state index is -0.426. The van der Waals surface area contributed by atoms with Crippen molar-refractivity contribution in [3.05, 3.63) is 81.9 Å². The number of benzene rings is 2. The maximum atomic E-state index is 12.5. The van der Waals surface area contributed by atoms with Crippen LogP contribution in [0.5, 0.6) is 5.75 Å². The molecular formula is C21H18IN3O3. The number of aryl methyl sites for hydroxylation is 1. The number of nitriles is 1. The third-order valence-corrected chi connectivity index (χ3v) is 4.76. The van der Waals surface area contributed by atoms with E-state index in [0.29, 0.717) is 29.8 Å². The topological polar surface area (TPSA) is 77.1 Å². The zero-order valence-corrected chi connectivity index (χ0v) is 17.2. The monoisotopic (exact) mass is 487 g/mol. The summed E-state index contributed by atoms with van der Waals surface area (Å²) in [7, 11) is 0. The van der Waals surface area contributed by atoms with Gasteiger partial charge in [0, 0.05) is 28.9 Å². The molecule has 142 valence electrons. The Labute approximate surface area is 176 Å². The third kappa shape index (κ3) is 5.82. The molecule has 28 heavy (non-hydrogen) atoms. The minimum absolute atomic E-state index is 0.219. The van der Waals surface area contributed by atoms with Crippen LogP contribution >= 0.6 is 22.6 Å². The highest BCUT2D eigenvalue weighted by Crippen LogP contribution is 2.15. The molecule has 0 bridgehead atoms. The van der Waals surface area contributed by atoms with Crippen LogP contribution < -0.4 is 4.74 Å². The third-order valence-electron chi connectivity index (χ3n) is 4.04. The fraction of sp³-hybridized carbons (Fsp3) is 0.190. The molecule has 0 aliphatic heterocycles. The molecular weight excluding hydrogens is 469 g/mol. The lowest BCUT2D eigenvalue weighted by Gasteiger charge is -2.19. The molecule has 0 spiro atoms. The standard InChI is InChI=1S/C21H18IN3O3/c22-18-5-3-17(4-6-18)21(26)28-20(9-11-25-12-10-24-15-25)14-27-19-7-1-16(13-23)2-8-19/h1-8,10,12,15,20H,9,11,14H2. The summed E-state index contributed by atoms with van der Waals surface area (Å²) < 4.78 is 14.4.